The molecule has 72 valence electrons. The Bertz CT molecular complexity index is 212. The van der Waals surface area contributed by atoms with Crippen molar-refractivity contribution in [2.24, 2.45) is 4.99 Å². The van der Waals surface area contributed by atoms with Crippen molar-refractivity contribution in [1.29, 1.82) is 0 Å². The van der Waals surface area contributed by atoms with E-state index in [4.69, 9.17) is 0 Å². The molecule has 2 heteroatoms. The fourth-order valence-electron chi connectivity index (χ4n) is 1.50. The lowest BCUT2D eigenvalue weighted by Gasteiger charge is -2.05. The molecule has 0 unspecified atom stereocenters. The van der Waals surface area contributed by atoms with Crippen LogP contribution in [-0.2, 0) is 0 Å². The first-order valence-corrected chi connectivity index (χ1v) is 4.97. The summed E-state index contributed by atoms with van der Waals surface area (Å²) in [5.74, 6) is 1.05. The molecule has 0 amide bonds. The maximum absolute atomic E-state index is 4.34. The largest absolute Gasteiger partial charge is 0.370 e. The van der Waals surface area contributed by atoms with Crippen LogP contribution in [0.15, 0.2) is 28.5 Å². The van der Waals surface area contributed by atoms with Crippen LogP contribution in [-0.4, -0.2) is 12.8 Å². The Morgan fingerprint density at radius 2 is 2.15 bits per heavy atom. The Hall–Kier alpha value is -1.05. The van der Waals surface area contributed by atoms with Gasteiger partial charge in [0.1, 0.15) is 5.82 Å². The summed E-state index contributed by atoms with van der Waals surface area (Å²) in [5.41, 5.74) is 1.33. The molecule has 1 heterocycles. The Morgan fingerprint density at radius 1 is 1.31 bits per heavy atom. The Labute approximate surface area is 80.4 Å². The molecule has 0 bridgehead atoms. The van der Waals surface area contributed by atoms with Crippen LogP contribution in [0.5, 0.6) is 0 Å². The lowest BCUT2D eigenvalue weighted by atomic mass is 10.1. The minimum atomic E-state index is 1.05. The molecular weight excluding hydrogens is 160 g/mol. The van der Waals surface area contributed by atoms with Crippen molar-refractivity contribution in [2.45, 2.75) is 33.1 Å². The van der Waals surface area contributed by atoms with E-state index in [-0.39, 0.29) is 0 Å². The summed E-state index contributed by atoms with van der Waals surface area (Å²) in [4.78, 5) is 4.34. The number of hydrogen-bond donors (Lipinski definition) is 1. The van der Waals surface area contributed by atoms with Crippen LogP contribution >= 0.6 is 0 Å². The summed E-state index contributed by atoms with van der Waals surface area (Å²) in [6, 6.07) is 0. The van der Waals surface area contributed by atoms with Crippen molar-refractivity contribution in [3.05, 3.63) is 23.5 Å². The van der Waals surface area contributed by atoms with Gasteiger partial charge in [-0.15, -0.1) is 0 Å². The van der Waals surface area contributed by atoms with Crippen LogP contribution in [0.3, 0.4) is 0 Å². The van der Waals surface area contributed by atoms with Crippen molar-refractivity contribution < 1.29 is 0 Å². The Morgan fingerprint density at radius 3 is 2.85 bits per heavy atom. The first-order valence-electron chi connectivity index (χ1n) is 4.97. The van der Waals surface area contributed by atoms with E-state index in [0.717, 1.165) is 18.8 Å². The molecule has 1 rings (SSSR count). The number of nitrogens with one attached hydrogen (secondary N) is 1. The SMILES string of the molecule is C/C=C\C1=C(/N=C/C)NCCCC1. The molecule has 0 aromatic heterocycles. The molecule has 0 radical (unpaired) electrons. The summed E-state index contributed by atoms with van der Waals surface area (Å²) in [7, 11) is 0. The van der Waals surface area contributed by atoms with E-state index >= 15 is 0 Å². The monoisotopic (exact) mass is 178 g/mol. The molecule has 1 aliphatic rings. The van der Waals surface area contributed by atoms with E-state index in [2.05, 4.69) is 22.5 Å². The average molecular weight is 178 g/mol. The van der Waals surface area contributed by atoms with Gasteiger partial charge in [-0.25, -0.2) is 4.99 Å². The molecule has 1 N–H and O–H groups in total. The number of hydrogen-bond acceptors (Lipinski definition) is 2. The van der Waals surface area contributed by atoms with E-state index in [9.17, 15) is 0 Å². The normalized spacial score (nSPS) is 19.5. The van der Waals surface area contributed by atoms with Crippen LogP contribution in [0.4, 0.5) is 0 Å². The first-order chi connectivity index (χ1) is 6.38. The van der Waals surface area contributed by atoms with Crippen LogP contribution < -0.4 is 5.32 Å². The maximum Gasteiger partial charge on any atom is 0.128 e. The Balaban J connectivity index is 2.84. The highest BCUT2D eigenvalue weighted by Crippen LogP contribution is 2.16. The van der Waals surface area contributed by atoms with Gasteiger partial charge in [0.15, 0.2) is 0 Å². The minimum Gasteiger partial charge on any atom is -0.370 e. The molecule has 0 aliphatic carbocycles. The zero-order valence-corrected chi connectivity index (χ0v) is 8.51. The topological polar surface area (TPSA) is 24.4 Å². The number of nitrogens with zero attached hydrogens (tertiary/aromatic N) is 1. The van der Waals surface area contributed by atoms with E-state index in [1.54, 1.807) is 0 Å². The third-order valence-corrected chi connectivity index (χ3v) is 2.10. The van der Waals surface area contributed by atoms with Crippen LogP contribution in [0.1, 0.15) is 33.1 Å². The third kappa shape index (κ3) is 3.05. The summed E-state index contributed by atoms with van der Waals surface area (Å²) in [5, 5.41) is 3.35. The smallest absolute Gasteiger partial charge is 0.128 e. The van der Waals surface area contributed by atoms with Gasteiger partial charge in [0, 0.05) is 12.8 Å². The van der Waals surface area contributed by atoms with Crippen molar-refractivity contribution in [3.63, 3.8) is 0 Å². The van der Waals surface area contributed by atoms with Crippen molar-refractivity contribution in [1.82, 2.24) is 5.32 Å². The fourth-order valence-corrected chi connectivity index (χ4v) is 1.50. The van der Waals surface area contributed by atoms with Crippen molar-refractivity contribution in [2.75, 3.05) is 6.54 Å². The van der Waals surface area contributed by atoms with E-state index < -0.39 is 0 Å². The molecule has 0 aromatic rings. The summed E-state index contributed by atoms with van der Waals surface area (Å²) in [6.45, 7) is 5.05. The van der Waals surface area contributed by atoms with Crippen molar-refractivity contribution in [3.8, 4) is 0 Å². The van der Waals surface area contributed by atoms with Gasteiger partial charge in [-0.1, -0.05) is 12.2 Å². The summed E-state index contributed by atoms with van der Waals surface area (Å²) >= 11 is 0. The summed E-state index contributed by atoms with van der Waals surface area (Å²) < 4.78 is 0. The average Bonchev–Trinajstić information content (AvgIpc) is 2.33. The zero-order chi connectivity index (χ0) is 9.52. The van der Waals surface area contributed by atoms with Crippen LogP contribution in [0.25, 0.3) is 0 Å². The number of allylic oxidation sites excluding steroid dienone is 3. The van der Waals surface area contributed by atoms with Gasteiger partial charge in [0.25, 0.3) is 0 Å². The second-order valence-electron chi connectivity index (χ2n) is 3.15. The molecule has 2 nitrogen and oxygen atoms in total. The molecule has 1 aliphatic heterocycles. The van der Waals surface area contributed by atoms with E-state index in [1.807, 2.05) is 20.1 Å². The molecule has 13 heavy (non-hydrogen) atoms. The molecule has 0 fully saturated rings. The Kier molecular flexibility index (Phi) is 4.30. The molecular formula is C11H18N2. The van der Waals surface area contributed by atoms with E-state index in [1.165, 1.54) is 18.4 Å². The molecule has 0 aromatic carbocycles. The van der Waals surface area contributed by atoms with Gasteiger partial charge >= 0.3 is 0 Å². The standard InChI is InChI=1S/C11H18N2/c1-3-7-10-8-5-6-9-13-11(10)12-4-2/h3-4,7,13H,5-6,8-9H2,1-2H3/b7-3-,12-4+. The zero-order valence-electron chi connectivity index (χ0n) is 8.51. The molecule has 0 atom stereocenters. The van der Waals surface area contributed by atoms with Gasteiger partial charge in [-0.05, 0) is 38.7 Å². The fraction of sp³-hybridized carbons (Fsp3) is 0.545. The predicted octanol–water partition coefficient (Wildman–Crippen LogP) is 2.64. The van der Waals surface area contributed by atoms with Gasteiger partial charge in [0.2, 0.25) is 0 Å². The van der Waals surface area contributed by atoms with Gasteiger partial charge in [0.05, 0.1) is 0 Å². The van der Waals surface area contributed by atoms with Crippen LogP contribution in [0.2, 0.25) is 0 Å². The highest BCUT2D eigenvalue weighted by Gasteiger charge is 2.06. The van der Waals surface area contributed by atoms with Gasteiger partial charge in [-0.2, -0.15) is 0 Å². The lowest BCUT2D eigenvalue weighted by Crippen LogP contribution is -2.12. The number of aliphatic imine (C=N–C) groups is 1. The minimum absolute atomic E-state index is 1.05. The van der Waals surface area contributed by atoms with Crippen LogP contribution in [0, 0.1) is 0 Å². The second kappa shape index (κ2) is 5.57. The molecule has 0 saturated carbocycles. The molecule has 0 saturated heterocycles. The number of rotatable bonds is 2. The predicted molar refractivity (Wildman–Crippen MR) is 57.9 cm³/mol. The van der Waals surface area contributed by atoms with Gasteiger partial charge in [-0.3, -0.25) is 0 Å². The highest BCUT2D eigenvalue weighted by atomic mass is 15.0. The maximum atomic E-state index is 4.34. The second-order valence-corrected chi connectivity index (χ2v) is 3.15. The van der Waals surface area contributed by atoms with Gasteiger partial charge < -0.3 is 5.32 Å². The third-order valence-electron chi connectivity index (χ3n) is 2.10. The summed E-state index contributed by atoms with van der Waals surface area (Å²) in [6.07, 6.45) is 9.72. The highest BCUT2D eigenvalue weighted by molar-refractivity contribution is 5.55. The van der Waals surface area contributed by atoms with Crippen molar-refractivity contribution >= 4 is 6.21 Å². The molecule has 0 spiro atoms. The van der Waals surface area contributed by atoms with E-state index in [0.29, 0.717) is 0 Å². The lowest BCUT2D eigenvalue weighted by molar-refractivity contribution is 0.713. The first kappa shape index (κ1) is 10.0. The quantitative estimate of drug-likeness (QED) is 0.646.